The highest BCUT2D eigenvalue weighted by atomic mass is 35.5. The van der Waals surface area contributed by atoms with E-state index in [9.17, 15) is 4.79 Å². The second-order valence-corrected chi connectivity index (χ2v) is 9.06. The number of nitrogens with zero attached hydrogens (tertiary/aromatic N) is 3. The van der Waals surface area contributed by atoms with E-state index in [0.717, 1.165) is 53.9 Å². The first-order valence-electron chi connectivity index (χ1n) is 8.87. The van der Waals surface area contributed by atoms with Crippen molar-refractivity contribution in [2.75, 3.05) is 26.2 Å². The lowest BCUT2D eigenvalue weighted by molar-refractivity contribution is 0.0633. The number of rotatable bonds is 4. The lowest BCUT2D eigenvalue weighted by Crippen LogP contribution is -2.48. The molecule has 2 aromatic heterocycles. The summed E-state index contributed by atoms with van der Waals surface area (Å²) in [5.41, 5.74) is 1.79. The van der Waals surface area contributed by atoms with Crippen LogP contribution < -0.4 is 0 Å². The van der Waals surface area contributed by atoms with Crippen molar-refractivity contribution in [3.8, 4) is 10.6 Å². The van der Waals surface area contributed by atoms with Gasteiger partial charge < -0.3 is 4.90 Å². The number of aryl methyl sites for hydroxylation is 1. The van der Waals surface area contributed by atoms with Gasteiger partial charge in [-0.2, -0.15) is 0 Å². The molecule has 3 aromatic rings. The van der Waals surface area contributed by atoms with Crippen LogP contribution in [-0.4, -0.2) is 46.9 Å². The summed E-state index contributed by atoms with van der Waals surface area (Å²) in [6.45, 7) is 6.23. The standard InChI is InChI=1S/C20H20ClN3OS2/c1-14-18(27-19(22-14)15-4-6-16(21)7-5-15)20(25)24-10-8-23(9-11-24)13-17-3-2-12-26-17/h2-7,12H,8-11,13H2,1H3. The predicted molar refractivity (Wildman–Crippen MR) is 113 cm³/mol. The number of halogens is 1. The van der Waals surface area contributed by atoms with E-state index in [1.165, 1.54) is 16.2 Å². The van der Waals surface area contributed by atoms with Crippen LogP contribution in [0.5, 0.6) is 0 Å². The number of hydrogen-bond donors (Lipinski definition) is 0. The van der Waals surface area contributed by atoms with Crippen LogP contribution in [0.4, 0.5) is 0 Å². The monoisotopic (exact) mass is 417 g/mol. The van der Waals surface area contributed by atoms with Crippen molar-refractivity contribution in [2.45, 2.75) is 13.5 Å². The molecule has 0 spiro atoms. The fraction of sp³-hybridized carbons (Fsp3) is 0.300. The number of amides is 1. The lowest BCUT2D eigenvalue weighted by atomic mass is 10.2. The molecule has 0 bridgehead atoms. The minimum atomic E-state index is 0.0981. The highest BCUT2D eigenvalue weighted by Crippen LogP contribution is 2.30. The number of carbonyl (C=O) groups is 1. The van der Waals surface area contributed by atoms with Crippen molar-refractivity contribution >= 4 is 40.2 Å². The number of benzene rings is 1. The van der Waals surface area contributed by atoms with E-state index in [1.54, 1.807) is 11.3 Å². The Kier molecular flexibility index (Phi) is 5.59. The van der Waals surface area contributed by atoms with Crippen LogP contribution in [0.3, 0.4) is 0 Å². The topological polar surface area (TPSA) is 36.4 Å². The second kappa shape index (κ2) is 8.10. The summed E-state index contributed by atoms with van der Waals surface area (Å²) in [6, 6.07) is 11.8. The van der Waals surface area contributed by atoms with Crippen LogP contribution in [-0.2, 0) is 6.54 Å². The van der Waals surface area contributed by atoms with Crippen molar-refractivity contribution in [2.24, 2.45) is 0 Å². The summed E-state index contributed by atoms with van der Waals surface area (Å²) in [4.78, 5) is 24.1. The number of carbonyl (C=O) groups excluding carboxylic acids is 1. The third-order valence-electron chi connectivity index (χ3n) is 4.70. The Bertz CT molecular complexity index is 913. The molecule has 140 valence electrons. The predicted octanol–water partition coefficient (Wildman–Crippen LogP) is 4.79. The molecule has 1 fully saturated rings. The molecule has 0 N–H and O–H groups in total. The summed E-state index contributed by atoms with van der Waals surface area (Å²) < 4.78 is 0. The van der Waals surface area contributed by atoms with E-state index in [0.29, 0.717) is 5.02 Å². The summed E-state index contributed by atoms with van der Waals surface area (Å²) in [5.74, 6) is 0.0981. The third-order valence-corrected chi connectivity index (χ3v) is 7.01. The fourth-order valence-electron chi connectivity index (χ4n) is 3.19. The summed E-state index contributed by atoms with van der Waals surface area (Å²) >= 11 is 9.22. The largest absolute Gasteiger partial charge is 0.335 e. The van der Waals surface area contributed by atoms with Gasteiger partial charge in [-0.1, -0.05) is 29.8 Å². The molecule has 27 heavy (non-hydrogen) atoms. The highest BCUT2D eigenvalue weighted by Gasteiger charge is 2.25. The summed E-state index contributed by atoms with van der Waals surface area (Å²) in [6.07, 6.45) is 0. The molecular formula is C20H20ClN3OS2. The van der Waals surface area contributed by atoms with E-state index < -0.39 is 0 Å². The van der Waals surface area contributed by atoms with Crippen molar-refractivity contribution in [3.63, 3.8) is 0 Å². The molecule has 1 amide bonds. The Morgan fingerprint density at radius 1 is 1.15 bits per heavy atom. The lowest BCUT2D eigenvalue weighted by Gasteiger charge is -2.34. The van der Waals surface area contributed by atoms with Gasteiger partial charge in [-0.05, 0) is 30.5 Å². The first-order valence-corrected chi connectivity index (χ1v) is 10.9. The Hall–Kier alpha value is -1.73. The van der Waals surface area contributed by atoms with Gasteiger partial charge in [-0.15, -0.1) is 22.7 Å². The van der Waals surface area contributed by atoms with Gasteiger partial charge in [0.15, 0.2) is 0 Å². The average molecular weight is 418 g/mol. The molecule has 0 atom stereocenters. The van der Waals surface area contributed by atoms with Gasteiger partial charge in [-0.25, -0.2) is 4.98 Å². The van der Waals surface area contributed by atoms with Crippen molar-refractivity contribution in [1.29, 1.82) is 0 Å². The summed E-state index contributed by atoms with van der Waals surface area (Å²) in [5, 5.41) is 3.67. The number of piperazine rings is 1. The van der Waals surface area contributed by atoms with Crippen LogP contribution in [0.25, 0.3) is 10.6 Å². The van der Waals surface area contributed by atoms with Crippen LogP contribution >= 0.6 is 34.3 Å². The van der Waals surface area contributed by atoms with Crippen LogP contribution in [0, 0.1) is 6.92 Å². The SMILES string of the molecule is Cc1nc(-c2ccc(Cl)cc2)sc1C(=O)N1CCN(Cc2cccs2)CC1. The Morgan fingerprint density at radius 2 is 1.89 bits per heavy atom. The Labute approximate surface area is 172 Å². The quantitative estimate of drug-likeness (QED) is 0.612. The van der Waals surface area contributed by atoms with Crippen LogP contribution in [0.1, 0.15) is 20.2 Å². The summed E-state index contributed by atoms with van der Waals surface area (Å²) in [7, 11) is 0. The van der Waals surface area contributed by atoms with Crippen molar-refractivity contribution in [3.05, 3.63) is 62.2 Å². The molecule has 4 nitrogen and oxygen atoms in total. The minimum absolute atomic E-state index is 0.0981. The number of hydrogen-bond acceptors (Lipinski definition) is 5. The fourth-order valence-corrected chi connectivity index (χ4v) is 5.10. The molecule has 1 saturated heterocycles. The van der Waals surface area contributed by atoms with Crippen molar-refractivity contribution < 1.29 is 4.79 Å². The maximum atomic E-state index is 13.0. The zero-order chi connectivity index (χ0) is 18.8. The Balaban J connectivity index is 1.42. The van der Waals surface area contributed by atoms with E-state index in [-0.39, 0.29) is 5.91 Å². The maximum absolute atomic E-state index is 13.0. The van der Waals surface area contributed by atoms with Gasteiger partial charge in [0.1, 0.15) is 9.88 Å². The molecule has 0 saturated carbocycles. The maximum Gasteiger partial charge on any atom is 0.265 e. The number of thiophene rings is 1. The molecule has 3 heterocycles. The molecule has 0 aliphatic carbocycles. The minimum Gasteiger partial charge on any atom is -0.335 e. The second-order valence-electron chi connectivity index (χ2n) is 6.59. The molecule has 7 heteroatoms. The zero-order valence-electron chi connectivity index (χ0n) is 15.0. The van der Waals surface area contributed by atoms with Gasteiger partial charge >= 0.3 is 0 Å². The molecular weight excluding hydrogens is 398 g/mol. The third kappa shape index (κ3) is 4.24. The Morgan fingerprint density at radius 3 is 2.56 bits per heavy atom. The average Bonchev–Trinajstić information content (AvgIpc) is 3.32. The highest BCUT2D eigenvalue weighted by molar-refractivity contribution is 7.17. The first kappa shape index (κ1) is 18.6. The van der Waals surface area contributed by atoms with Crippen molar-refractivity contribution in [1.82, 2.24) is 14.8 Å². The van der Waals surface area contributed by atoms with Gasteiger partial charge in [-0.3, -0.25) is 9.69 Å². The normalized spacial score (nSPS) is 15.3. The van der Waals surface area contributed by atoms with E-state index >= 15 is 0 Å². The number of thiazole rings is 1. The van der Waals surface area contributed by atoms with Gasteiger partial charge in [0, 0.05) is 48.2 Å². The van der Waals surface area contributed by atoms with E-state index in [2.05, 4.69) is 27.4 Å². The molecule has 0 radical (unpaired) electrons. The van der Waals surface area contributed by atoms with Crippen LogP contribution in [0.15, 0.2) is 41.8 Å². The van der Waals surface area contributed by atoms with Gasteiger partial charge in [0.25, 0.3) is 5.91 Å². The molecule has 1 aliphatic heterocycles. The van der Waals surface area contributed by atoms with Gasteiger partial charge in [0.2, 0.25) is 0 Å². The molecule has 1 aliphatic rings. The van der Waals surface area contributed by atoms with Crippen LogP contribution in [0.2, 0.25) is 5.02 Å². The van der Waals surface area contributed by atoms with E-state index in [1.807, 2.05) is 36.1 Å². The zero-order valence-corrected chi connectivity index (χ0v) is 17.4. The first-order chi connectivity index (χ1) is 13.1. The number of aromatic nitrogens is 1. The van der Waals surface area contributed by atoms with Gasteiger partial charge in [0.05, 0.1) is 5.69 Å². The smallest absolute Gasteiger partial charge is 0.265 e. The molecule has 0 unspecified atom stereocenters. The molecule has 1 aromatic carbocycles. The van der Waals surface area contributed by atoms with E-state index in [4.69, 9.17) is 11.6 Å². The molecule has 4 rings (SSSR count).